The zero-order valence-electron chi connectivity index (χ0n) is 12.8. The monoisotopic (exact) mass is 310 g/mol. The maximum Gasteiger partial charge on any atom is 0.252 e. The number of carbonyl (C=O) groups is 1. The molecule has 0 saturated heterocycles. The molecule has 0 spiro atoms. The number of hydrogen-bond donors (Lipinski definition) is 1. The van der Waals surface area contributed by atoms with E-state index in [1.807, 2.05) is 23.0 Å². The molecule has 7 heteroatoms. The van der Waals surface area contributed by atoms with Crippen LogP contribution in [0, 0.1) is 5.92 Å². The van der Waals surface area contributed by atoms with Gasteiger partial charge in [0.1, 0.15) is 0 Å². The highest BCUT2D eigenvalue weighted by atomic mass is 16.1. The van der Waals surface area contributed by atoms with Gasteiger partial charge in [0, 0.05) is 44.1 Å². The first-order chi connectivity index (χ1) is 11.2. The Morgan fingerprint density at radius 2 is 2.04 bits per heavy atom. The van der Waals surface area contributed by atoms with E-state index in [-0.39, 0.29) is 11.8 Å². The van der Waals surface area contributed by atoms with E-state index in [0.29, 0.717) is 17.9 Å². The summed E-state index contributed by atoms with van der Waals surface area (Å²) in [5.74, 6) is 0.839. The Hall–Kier alpha value is -2.96. The molecule has 0 aliphatic carbocycles. The highest BCUT2D eigenvalue weighted by Crippen LogP contribution is 2.05. The zero-order valence-corrected chi connectivity index (χ0v) is 12.8. The summed E-state index contributed by atoms with van der Waals surface area (Å²) in [4.78, 5) is 16.4. The van der Waals surface area contributed by atoms with Crippen LogP contribution in [0.2, 0.25) is 0 Å². The Morgan fingerprint density at radius 3 is 2.70 bits per heavy atom. The predicted octanol–water partition coefficient (Wildman–Crippen LogP) is 1.53. The van der Waals surface area contributed by atoms with Gasteiger partial charge in [0.05, 0.1) is 5.56 Å². The molecule has 3 rings (SSSR count). The summed E-state index contributed by atoms with van der Waals surface area (Å²) in [6.45, 7) is 3.42. The second kappa shape index (κ2) is 6.87. The van der Waals surface area contributed by atoms with Gasteiger partial charge in [-0.2, -0.15) is 10.2 Å². The van der Waals surface area contributed by atoms with Crippen LogP contribution in [0.5, 0.6) is 0 Å². The second-order valence-corrected chi connectivity index (χ2v) is 5.40. The first-order valence-electron chi connectivity index (χ1n) is 7.44. The van der Waals surface area contributed by atoms with Gasteiger partial charge in [-0.25, -0.2) is 9.67 Å². The van der Waals surface area contributed by atoms with Gasteiger partial charge in [-0.1, -0.05) is 6.92 Å². The van der Waals surface area contributed by atoms with Gasteiger partial charge in [-0.05, 0) is 30.2 Å². The van der Waals surface area contributed by atoms with Crippen LogP contribution in [0.4, 0.5) is 0 Å². The van der Waals surface area contributed by atoms with Crippen molar-refractivity contribution in [2.45, 2.75) is 13.5 Å². The molecule has 0 fully saturated rings. The molecule has 118 valence electrons. The number of pyridine rings is 1. The summed E-state index contributed by atoms with van der Waals surface area (Å²) < 4.78 is 3.51. The molecule has 3 aromatic heterocycles. The number of nitrogens with zero attached hydrogens (tertiary/aromatic N) is 5. The molecule has 0 bridgehead atoms. The first kappa shape index (κ1) is 15.0. The summed E-state index contributed by atoms with van der Waals surface area (Å²) in [5.41, 5.74) is 0.534. The average Bonchev–Trinajstić information content (AvgIpc) is 3.26. The van der Waals surface area contributed by atoms with Gasteiger partial charge in [-0.3, -0.25) is 9.48 Å². The van der Waals surface area contributed by atoms with E-state index in [1.165, 1.54) is 0 Å². The highest BCUT2D eigenvalue weighted by Gasteiger charge is 2.09. The van der Waals surface area contributed by atoms with Crippen molar-refractivity contribution in [3.05, 3.63) is 60.8 Å². The van der Waals surface area contributed by atoms with Gasteiger partial charge < -0.3 is 5.32 Å². The third-order valence-electron chi connectivity index (χ3n) is 3.42. The zero-order chi connectivity index (χ0) is 16.1. The molecule has 1 atom stereocenters. The van der Waals surface area contributed by atoms with Crippen LogP contribution in [0.1, 0.15) is 17.3 Å². The molecule has 1 amide bonds. The van der Waals surface area contributed by atoms with Crippen molar-refractivity contribution in [1.29, 1.82) is 0 Å². The number of nitrogens with one attached hydrogen (secondary N) is 1. The Morgan fingerprint density at radius 1 is 1.22 bits per heavy atom. The molecule has 1 N–H and O–H groups in total. The Labute approximate surface area is 134 Å². The fourth-order valence-corrected chi connectivity index (χ4v) is 2.22. The third-order valence-corrected chi connectivity index (χ3v) is 3.42. The first-order valence-corrected chi connectivity index (χ1v) is 7.44. The molecular weight excluding hydrogens is 292 g/mol. The number of amides is 1. The smallest absolute Gasteiger partial charge is 0.252 e. The molecule has 0 radical (unpaired) electrons. The van der Waals surface area contributed by atoms with Crippen molar-refractivity contribution >= 4 is 5.91 Å². The predicted molar refractivity (Wildman–Crippen MR) is 85.1 cm³/mol. The molecular formula is C16H18N6O. The average molecular weight is 310 g/mol. The van der Waals surface area contributed by atoms with Gasteiger partial charge in [0.15, 0.2) is 5.82 Å². The quantitative estimate of drug-likeness (QED) is 0.749. The fourth-order valence-electron chi connectivity index (χ4n) is 2.22. The molecule has 0 aromatic carbocycles. The van der Waals surface area contributed by atoms with E-state index in [9.17, 15) is 4.79 Å². The van der Waals surface area contributed by atoms with E-state index in [1.54, 1.807) is 41.6 Å². The molecule has 0 saturated carbocycles. The van der Waals surface area contributed by atoms with Crippen molar-refractivity contribution in [2.75, 3.05) is 6.54 Å². The SMILES string of the molecule is C[C@@H](CNC(=O)c1ccc(-n2cccn2)nc1)Cn1cccn1. The second-order valence-electron chi connectivity index (χ2n) is 5.40. The van der Waals surface area contributed by atoms with Crippen LogP contribution in [-0.4, -0.2) is 37.0 Å². The molecule has 3 heterocycles. The number of rotatable bonds is 6. The van der Waals surface area contributed by atoms with Crippen LogP contribution in [-0.2, 0) is 6.54 Å². The van der Waals surface area contributed by atoms with Crippen molar-refractivity contribution in [3.8, 4) is 5.82 Å². The maximum absolute atomic E-state index is 12.2. The Bertz CT molecular complexity index is 733. The van der Waals surface area contributed by atoms with Crippen molar-refractivity contribution in [1.82, 2.24) is 29.9 Å². The number of carbonyl (C=O) groups excluding carboxylic acids is 1. The lowest BCUT2D eigenvalue weighted by atomic mass is 10.1. The lowest BCUT2D eigenvalue weighted by Gasteiger charge is -2.12. The van der Waals surface area contributed by atoms with Gasteiger partial charge >= 0.3 is 0 Å². The fraction of sp³-hybridized carbons (Fsp3) is 0.250. The van der Waals surface area contributed by atoms with E-state index in [2.05, 4.69) is 27.4 Å². The highest BCUT2D eigenvalue weighted by molar-refractivity contribution is 5.93. The van der Waals surface area contributed by atoms with Crippen LogP contribution in [0.25, 0.3) is 5.82 Å². The van der Waals surface area contributed by atoms with Gasteiger partial charge in [0.2, 0.25) is 0 Å². The minimum atomic E-state index is -0.128. The minimum absolute atomic E-state index is 0.128. The van der Waals surface area contributed by atoms with Crippen molar-refractivity contribution < 1.29 is 4.79 Å². The molecule has 23 heavy (non-hydrogen) atoms. The summed E-state index contributed by atoms with van der Waals surface area (Å²) in [5, 5.41) is 11.2. The van der Waals surface area contributed by atoms with E-state index >= 15 is 0 Å². The van der Waals surface area contributed by atoms with Gasteiger partial charge in [-0.15, -0.1) is 0 Å². The largest absolute Gasteiger partial charge is 0.352 e. The molecule has 3 aromatic rings. The normalized spacial score (nSPS) is 12.0. The number of aromatic nitrogens is 5. The lowest BCUT2D eigenvalue weighted by molar-refractivity contribution is 0.0946. The van der Waals surface area contributed by atoms with Crippen LogP contribution in [0.15, 0.2) is 55.2 Å². The molecule has 7 nitrogen and oxygen atoms in total. The van der Waals surface area contributed by atoms with Gasteiger partial charge in [0.25, 0.3) is 5.91 Å². The Kier molecular flexibility index (Phi) is 4.46. The lowest BCUT2D eigenvalue weighted by Crippen LogP contribution is -2.30. The number of hydrogen-bond acceptors (Lipinski definition) is 4. The van der Waals surface area contributed by atoms with Crippen LogP contribution >= 0.6 is 0 Å². The summed E-state index contributed by atoms with van der Waals surface area (Å²) >= 11 is 0. The topological polar surface area (TPSA) is 77.6 Å². The summed E-state index contributed by atoms with van der Waals surface area (Å²) in [6, 6.07) is 7.23. The van der Waals surface area contributed by atoms with E-state index in [4.69, 9.17) is 0 Å². The standard InChI is InChI=1S/C16H18N6O/c1-13(12-21-8-2-6-19-21)10-18-16(23)14-4-5-15(17-11-14)22-9-3-7-20-22/h2-9,11,13H,10,12H2,1H3,(H,18,23)/t13-/m0/s1. The summed E-state index contributed by atoms with van der Waals surface area (Å²) in [6.07, 6.45) is 8.71. The van der Waals surface area contributed by atoms with Crippen LogP contribution < -0.4 is 5.32 Å². The van der Waals surface area contributed by atoms with E-state index in [0.717, 1.165) is 6.54 Å². The van der Waals surface area contributed by atoms with Crippen molar-refractivity contribution in [2.24, 2.45) is 5.92 Å². The molecule has 0 aliphatic rings. The maximum atomic E-state index is 12.2. The Balaban J connectivity index is 1.53. The molecule has 0 unspecified atom stereocenters. The third kappa shape index (κ3) is 3.82. The van der Waals surface area contributed by atoms with E-state index < -0.39 is 0 Å². The molecule has 0 aliphatic heterocycles. The van der Waals surface area contributed by atoms with Crippen LogP contribution in [0.3, 0.4) is 0 Å². The summed E-state index contributed by atoms with van der Waals surface area (Å²) in [7, 11) is 0. The minimum Gasteiger partial charge on any atom is -0.352 e. The van der Waals surface area contributed by atoms with Crippen molar-refractivity contribution in [3.63, 3.8) is 0 Å².